The maximum Gasteiger partial charge on any atom is 0.126 e. The molecule has 0 heterocycles. The maximum atomic E-state index is 13.0. The lowest BCUT2D eigenvalue weighted by atomic mass is 10.1. The number of benzene rings is 1. The molecule has 0 bridgehead atoms. The summed E-state index contributed by atoms with van der Waals surface area (Å²) >= 11 is 0. The highest BCUT2D eigenvalue weighted by Gasteiger charge is 2.07. The largest absolute Gasteiger partial charge is 0.396 e. The predicted octanol–water partition coefficient (Wildman–Crippen LogP) is 2.78. The van der Waals surface area contributed by atoms with E-state index in [0.29, 0.717) is 5.56 Å². The number of hydrogen-bond donors (Lipinski definition) is 2. The van der Waals surface area contributed by atoms with Gasteiger partial charge in [0.05, 0.1) is 0 Å². The van der Waals surface area contributed by atoms with Crippen LogP contribution < -0.4 is 5.32 Å². The minimum Gasteiger partial charge on any atom is -0.396 e. The van der Waals surface area contributed by atoms with Crippen molar-refractivity contribution < 1.29 is 13.9 Å². The molecule has 1 unspecified atom stereocenters. The Labute approximate surface area is 101 Å². The van der Waals surface area contributed by atoms with Gasteiger partial charge >= 0.3 is 0 Å². The van der Waals surface area contributed by atoms with Gasteiger partial charge in [-0.1, -0.05) is 0 Å². The SMILES string of the molecule is CC(NCCCCCO)c1cc(F)cc(F)c1. The quantitative estimate of drug-likeness (QED) is 0.722. The first-order chi connectivity index (χ1) is 8.13. The average Bonchev–Trinajstić information content (AvgIpc) is 2.27. The van der Waals surface area contributed by atoms with Crippen molar-refractivity contribution in [3.63, 3.8) is 0 Å². The predicted molar refractivity (Wildman–Crippen MR) is 63.7 cm³/mol. The van der Waals surface area contributed by atoms with E-state index in [9.17, 15) is 8.78 Å². The van der Waals surface area contributed by atoms with Crippen molar-refractivity contribution in [3.8, 4) is 0 Å². The van der Waals surface area contributed by atoms with Crippen LogP contribution >= 0.6 is 0 Å². The summed E-state index contributed by atoms with van der Waals surface area (Å²) in [6, 6.07) is 3.48. The number of nitrogens with one attached hydrogen (secondary N) is 1. The molecule has 1 aromatic rings. The van der Waals surface area contributed by atoms with E-state index in [-0.39, 0.29) is 12.6 Å². The van der Waals surface area contributed by atoms with Crippen LogP contribution in [0.3, 0.4) is 0 Å². The first-order valence-corrected chi connectivity index (χ1v) is 5.93. The third kappa shape index (κ3) is 5.24. The molecule has 2 nitrogen and oxygen atoms in total. The van der Waals surface area contributed by atoms with Crippen molar-refractivity contribution in [1.82, 2.24) is 5.32 Å². The van der Waals surface area contributed by atoms with E-state index in [2.05, 4.69) is 5.32 Å². The second-order valence-electron chi connectivity index (χ2n) is 4.16. The van der Waals surface area contributed by atoms with E-state index in [0.717, 1.165) is 31.9 Å². The van der Waals surface area contributed by atoms with Crippen molar-refractivity contribution in [2.24, 2.45) is 0 Å². The molecule has 1 rings (SSSR count). The van der Waals surface area contributed by atoms with Crippen LogP contribution in [0.4, 0.5) is 8.78 Å². The topological polar surface area (TPSA) is 32.3 Å². The van der Waals surface area contributed by atoms with Crippen molar-refractivity contribution in [3.05, 3.63) is 35.4 Å². The fraction of sp³-hybridized carbons (Fsp3) is 0.538. The average molecular weight is 243 g/mol. The summed E-state index contributed by atoms with van der Waals surface area (Å²) < 4.78 is 26.0. The van der Waals surface area contributed by atoms with E-state index >= 15 is 0 Å². The van der Waals surface area contributed by atoms with Crippen LogP contribution in [0, 0.1) is 11.6 Å². The molecular formula is C13H19F2NO. The molecule has 0 fully saturated rings. The minimum atomic E-state index is -0.547. The summed E-state index contributed by atoms with van der Waals surface area (Å²) in [6.45, 7) is 2.87. The molecule has 0 saturated heterocycles. The van der Waals surface area contributed by atoms with Crippen LogP contribution in [-0.4, -0.2) is 18.3 Å². The lowest BCUT2D eigenvalue weighted by Gasteiger charge is -2.14. The first-order valence-electron chi connectivity index (χ1n) is 5.93. The van der Waals surface area contributed by atoms with Gasteiger partial charge < -0.3 is 10.4 Å². The van der Waals surface area contributed by atoms with Crippen LogP contribution in [0.1, 0.15) is 37.8 Å². The Balaban J connectivity index is 2.38. The van der Waals surface area contributed by atoms with E-state index in [1.807, 2.05) is 6.92 Å². The minimum absolute atomic E-state index is 0.0747. The Morgan fingerprint density at radius 3 is 2.35 bits per heavy atom. The molecule has 17 heavy (non-hydrogen) atoms. The van der Waals surface area contributed by atoms with Gasteiger partial charge in [-0.15, -0.1) is 0 Å². The number of hydrogen-bond acceptors (Lipinski definition) is 2. The van der Waals surface area contributed by atoms with E-state index in [1.54, 1.807) is 0 Å². The van der Waals surface area contributed by atoms with Crippen molar-refractivity contribution in [1.29, 1.82) is 0 Å². The van der Waals surface area contributed by atoms with Gasteiger partial charge in [-0.2, -0.15) is 0 Å². The van der Waals surface area contributed by atoms with Gasteiger partial charge in [-0.05, 0) is 50.4 Å². The number of aliphatic hydroxyl groups excluding tert-OH is 1. The molecule has 1 aromatic carbocycles. The zero-order chi connectivity index (χ0) is 12.7. The summed E-state index contributed by atoms with van der Waals surface area (Å²) in [6.07, 6.45) is 2.70. The molecule has 0 amide bonds. The fourth-order valence-corrected chi connectivity index (χ4v) is 1.68. The Kier molecular flexibility index (Phi) is 6.08. The number of unbranched alkanes of at least 4 members (excludes halogenated alkanes) is 2. The van der Waals surface area contributed by atoms with Crippen molar-refractivity contribution >= 4 is 0 Å². The van der Waals surface area contributed by atoms with Gasteiger partial charge in [0.2, 0.25) is 0 Å². The zero-order valence-corrected chi connectivity index (χ0v) is 10.0. The zero-order valence-electron chi connectivity index (χ0n) is 10.0. The lowest BCUT2D eigenvalue weighted by Crippen LogP contribution is -2.20. The third-order valence-corrected chi connectivity index (χ3v) is 2.67. The third-order valence-electron chi connectivity index (χ3n) is 2.67. The molecule has 96 valence electrons. The molecule has 0 aliphatic rings. The molecular weight excluding hydrogens is 224 g/mol. The molecule has 0 radical (unpaired) electrons. The van der Waals surface area contributed by atoms with Crippen LogP contribution in [0.2, 0.25) is 0 Å². The Hall–Kier alpha value is -1.00. The van der Waals surface area contributed by atoms with E-state index < -0.39 is 11.6 Å². The van der Waals surface area contributed by atoms with Gasteiger partial charge in [0.1, 0.15) is 11.6 Å². The lowest BCUT2D eigenvalue weighted by molar-refractivity contribution is 0.282. The Morgan fingerprint density at radius 1 is 1.12 bits per heavy atom. The second-order valence-corrected chi connectivity index (χ2v) is 4.16. The van der Waals surface area contributed by atoms with Crippen molar-refractivity contribution in [2.45, 2.75) is 32.2 Å². The van der Waals surface area contributed by atoms with Crippen LogP contribution in [-0.2, 0) is 0 Å². The molecule has 0 aliphatic carbocycles. The molecule has 4 heteroatoms. The normalized spacial score (nSPS) is 12.7. The maximum absolute atomic E-state index is 13.0. The molecule has 0 aromatic heterocycles. The van der Waals surface area contributed by atoms with Crippen molar-refractivity contribution in [2.75, 3.05) is 13.2 Å². The van der Waals surface area contributed by atoms with Gasteiger partial charge in [0.25, 0.3) is 0 Å². The Bertz CT molecular complexity index is 324. The fourth-order valence-electron chi connectivity index (χ4n) is 1.68. The van der Waals surface area contributed by atoms with Gasteiger partial charge in [0.15, 0.2) is 0 Å². The molecule has 0 aliphatic heterocycles. The van der Waals surface area contributed by atoms with Crippen LogP contribution in [0.25, 0.3) is 0 Å². The van der Waals surface area contributed by atoms with E-state index in [4.69, 9.17) is 5.11 Å². The summed E-state index contributed by atoms with van der Waals surface area (Å²) in [5, 5.41) is 11.8. The number of halogens is 2. The molecule has 1 atom stereocenters. The highest BCUT2D eigenvalue weighted by atomic mass is 19.1. The summed E-state index contributed by atoms with van der Waals surface area (Å²) in [7, 11) is 0. The van der Waals surface area contributed by atoms with Gasteiger partial charge in [-0.3, -0.25) is 0 Å². The van der Waals surface area contributed by atoms with Crippen LogP contribution in [0.15, 0.2) is 18.2 Å². The molecule has 0 spiro atoms. The smallest absolute Gasteiger partial charge is 0.126 e. The summed E-state index contributed by atoms with van der Waals surface area (Å²) in [5.41, 5.74) is 0.615. The highest BCUT2D eigenvalue weighted by molar-refractivity contribution is 5.20. The number of aliphatic hydroxyl groups is 1. The summed E-state index contributed by atoms with van der Waals surface area (Å²) in [4.78, 5) is 0. The molecule has 2 N–H and O–H groups in total. The highest BCUT2D eigenvalue weighted by Crippen LogP contribution is 2.15. The van der Waals surface area contributed by atoms with Gasteiger partial charge in [-0.25, -0.2) is 8.78 Å². The van der Waals surface area contributed by atoms with Gasteiger partial charge in [0, 0.05) is 18.7 Å². The molecule has 0 saturated carbocycles. The first kappa shape index (κ1) is 14.1. The monoisotopic (exact) mass is 243 g/mol. The van der Waals surface area contributed by atoms with E-state index in [1.165, 1.54) is 12.1 Å². The Morgan fingerprint density at radius 2 is 1.76 bits per heavy atom. The standard InChI is InChI=1S/C13H19F2NO/c1-10(16-5-3-2-4-6-17)11-7-12(14)9-13(15)8-11/h7-10,16-17H,2-6H2,1H3. The second kappa shape index (κ2) is 7.35. The number of rotatable bonds is 7. The van der Waals surface area contributed by atoms with Crippen LogP contribution in [0.5, 0.6) is 0 Å². The summed E-state index contributed by atoms with van der Waals surface area (Å²) in [5.74, 6) is -1.09.